The molecule has 0 radical (unpaired) electrons. The Morgan fingerprint density at radius 1 is 1.20 bits per heavy atom. The minimum atomic E-state index is -0.441. The number of benzene rings is 2. The number of fused-ring (bicyclic) bond motifs is 1. The van der Waals surface area contributed by atoms with Crippen molar-refractivity contribution >= 4 is 22.5 Å². The van der Waals surface area contributed by atoms with Crippen molar-refractivity contribution in [3.8, 4) is 5.75 Å². The van der Waals surface area contributed by atoms with Gasteiger partial charge in [0.2, 0.25) is 0 Å². The topological polar surface area (TPSA) is 83.8 Å². The molecule has 0 bridgehead atoms. The average molecular weight is 609 g/mol. The van der Waals surface area contributed by atoms with Crippen LogP contribution in [-0.4, -0.2) is 65.9 Å². The minimum Gasteiger partial charge on any atom is -0.497 e. The summed E-state index contributed by atoms with van der Waals surface area (Å²) in [6.45, 7) is 13.4. The van der Waals surface area contributed by atoms with E-state index in [-0.39, 0.29) is 28.9 Å². The molecule has 10 heteroatoms. The third-order valence-electron chi connectivity index (χ3n) is 10.4. The van der Waals surface area contributed by atoms with E-state index in [1.165, 1.54) is 24.1 Å². The first-order valence-corrected chi connectivity index (χ1v) is 15.7. The Bertz CT molecular complexity index is 1560. The molecule has 5 atom stereocenters. The zero-order chi connectivity index (χ0) is 31.6. The Kier molecular flexibility index (Phi) is 9.58. The highest BCUT2D eigenvalue weighted by atomic mass is 19.1. The van der Waals surface area contributed by atoms with Crippen LogP contribution in [0.25, 0.3) is 10.9 Å². The van der Waals surface area contributed by atoms with Gasteiger partial charge in [0.05, 0.1) is 36.4 Å². The fourth-order valence-electron chi connectivity index (χ4n) is 6.60. The molecular weight excluding hydrogens is 562 g/mol. The third-order valence-corrected chi connectivity index (χ3v) is 10.4. The summed E-state index contributed by atoms with van der Waals surface area (Å²) in [5.41, 5.74) is 1.88. The molecule has 1 aromatic heterocycles. The summed E-state index contributed by atoms with van der Waals surface area (Å²) in [6.07, 6.45) is 2.85. The lowest BCUT2D eigenvalue weighted by Crippen LogP contribution is -2.55. The van der Waals surface area contributed by atoms with Gasteiger partial charge >= 0.3 is 0 Å². The SMILES string of the molecule is COc1ccc(CCn2cnc3cc(NC(=N[C@H]4C[C@@H](C)C(C)(C)[C@@H](C)[C@@H]4C)N4CCN[C@@H](CF)C4)ccc3c2=O)c(F)c1. The molecule has 1 aliphatic carbocycles. The quantitative estimate of drug-likeness (QED) is 0.272. The molecule has 3 aromatic rings. The number of anilines is 1. The average Bonchev–Trinajstić information content (AvgIpc) is 3.02. The van der Waals surface area contributed by atoms with Gasteiger partial charge in [-0.05, 0) is 65.8 Å². The van der Waals surface area contributed by atoms with Crippen LogP contribution in [0.4, 0.5) is 14.5 Å². The van der Waals surface area contributed by atoms with Crippen molar-refractivity contribution in [1.29, 1.82) is 0 Å². The number of nitrogens with zero attached hydrogens (tertiary/aromatic N) is 4. The normalized spacial score (nSPS) is 25.7. The highest BCUT2D eigenvalue weighted by molar-refractivity contribution is 5.96. The summed E-state index contributed by atoms with van der Waals surface area (Å²) >= 11 is 0. The summed E-state index contributed by atoms with van der Waals surface area (Å²) < 4.78 is 34.7. The predicted molar refractivity (Wildman–Crippen MR) is 173 cm³/mol. The molecule has 44 heavy (non-hydrogen) atoms. The van der Waals surface area contributed by atoms with Crippen LogP contribution in [0.1, 0.15) is 46.6 Å². The van der Waals surface area contributed by atoms with E-state index >= 15 is 0 Å². The number of hydrogen-bond donors (Lipinski definition) is 2. The number of hydrogen-bond acceptors (Lipinski definition) is 5. The van der Waals surface area contributed by atoms with E-state index in [1.807, 2.05) is 12.1 Å². The van der Waals surface area contributed by atoms with Crippen molar-refractivity contribution in [2.75, 3.05) is 38.7 Å². The van der Waals surface area contributed by atoms with E-state index in [2.05, 4.69) is 55.1 Å². The van der Waals surface area contributed by atoms with Crippen LogP contribution in [0.5, 0.6) is 5.75 Å². The molecule has 0 spiro atoms. The summed E-state index contributed by atoms with van der Waals surface area (Å²) in [6, 6.07) is 10.1. The third kappa shape index (κ3) is 6.60. The van der Waals surface area contributed by atoms with Gasteiger partial charge in [0, 0.05) is 37.9 Å². The minimum absolute atomic E-state index is 0.135. The van der Waals surface area contributed by atoms with Crippen molar-refractivity contribution in [3.05, 3.63) is 64.5 Å². The zero-order valence-corrected chi connectivity index (χ0v) is 26.7. The zero-order valence-electron chi connectivity index (χ0n) is 26.7. The number of rotatable bonds is 7. The van der Waals surface area contributed by atoms with Crippen molar-refractivity contribution in [1.82, 2.24) is 19.8 Å². The second kappa shape index (κ2) is 13.2. The molecule has 2 fully saturated rings. The van der Waals surface area contributed by atoms with Crippen LogP contribution >= 0.6 is 0 Å². The number of alkyl halides is 1. The van der Waals surface area contributed by atoms with Gasteiger partial charge in [0.25, 0.3) is 5.56 Å². The molecule has 1 saturated carbocycles. The van der Waals surface area contributed by atoms with E-state index < -0.39 is 6.67 Å². The second-order valence-electron chi connectivity index (χ2n) is 13.2. The molecule has 2 heterocycles. The van der Waals surface area contributed by atoms with Crippen LogP contribution in [0.3, 0.4) is 0 Å². The molecule has 0 amide bonds. The van der Waals surface area contributed by atoms with Gasteiger partial charge < -0.3 is 20.3 Å². The Morgan fingerprint density at radius 3 is 2.73 bits per heavy atom. The fraction of sp³-hybridized carbons (Fsp3) is 0.559. The summed E-state index contributed by atoms with van der Waals surface area (Å²) in [7, 11) is 1.50. The first kappa shape index (κ1) is 31.9. The van der Waals surface area contributed by atoms with E-state index in [9.17, 15) is 13.6 Å². The Labute approximate surface area is 258 Å². The number of ether oxygens (including phenoxy) is 1. The van der Waals surface area contributed by atoms with Gasteiger partial charge in [-0.3, -0.25) is 9.36 Å². The number of methoxy groups -OCH3 is 1. The number of aryl methyl sites for hydroxylation is 2. The number of piperazine rings is 1. The monoisotopic (exact) mass is 608 g/mol. The first-order valence-electron chi connectivity index (χ1n) is 15.7. The lowest BCUT2D eigenvalue weighted by Gasteiger charge is -2.49. The van der Waals surface area contributed by atoms with E-state index in [1.54, 1.807) is 18.2 Å². The summed E-state index contributed by atoms with van der Waals surface area (Å²) in [5, 5.41) is 7.25. The number of aliphatic imine (C=N–C) groups is 1. The molecule has 2 aromatic carbocycles. The highest BCUT2D eigenvalue weighted by Gasteiger charge is 2.44. The van der Waals surface area contributed by atoms with Crippen LogP contribution in [0.2, 0.25) is 0 Å². The van der Waals surface area contributed by atoms with Gasteiger partial charge in [-0.2, -0.15) is 0 Å². The van der Waals surface area contributed by atoms with Gasteiger partial charge in [-0.25, -0.2) is 18.8 Å². The molecular formula is C34H46F2N6O2. The maximum atomic E-state index is 14.4. The van der Waals surface area contributed by atoms with Crippen LogP contribution in [-0.2, 0) is 13.0 Å². The molecule has 2 N–H and O–H groups in total. The van der Waals surface area contributed by atoms with E-state index in [0.717, 1.165) is 18.1 Å². The molecule has 0 unspecified atom stereocenters. The predicted octanol–water partition coefficient (Wildman–Crippen LogP) is 5.50. The molecule has 1 saturated heterocycles. The summed E-state index contributed by atoms with van der Waals surface area (Å²) in [4.78, 5) is 25.3. The highest BCUT2D eigenvalue weighted by Crippen LogP contribution is 2.48. The maximum Gasteiger partial charge on any atom is 0.261 e. The van der Waals surface area contributed by atoms with E-state index in [0.29, 0.717) is 72.6 Å². The maximum absolute atomic E-state index is 14.4. The van der Waals surface area contributed by atoms with Crippen LogP contribution < -0.4 is 20.9 Å². The van der Waals surface area contributed by atoms with Gasteiger partial charge in [-0.15, -0.1) is 0 Å². The first-order chi connectivity index (χ1) is 21.0. The Balaban J connectivity index is 1.39. The fourth-order valence-corrected chi connectivity index (χ4v) is 6.60. The molecule has 5 rings (SSSR count). The van der Waals surface area contributed by atoms with Crippen molar-refractivity contribution in [2.45, 2.75) is 66.1 Å². The van der Waals surface area contributed by atoms with Crippen LogP contribution in [0, 0.1) is 29.0 Å². The lowest BCUT2D eigenvalue weighted by atomic mass is 9.58. The second-order valence-corrected chi connectivity index (χ2v) is 13.2. The lowest BCUT2D eigenvalue weighted by molar-refractivity contribution is 0.0266. The van der Waals surface area contributed by atoms with Crippen molar-refractivity contribution in [2.24, 2.45) is 28.2 Å². The van der Waals surface area contributed by atoms with Gasteiger partial charge in [0.15, 0.2) is 5.96 Å². The number of nitrogens with one attached hydrogen (secondary N) is 2. The molecule has 2 aliphatic rings. The Hall–Kier alpha value is -3.53. The van der Waals surface area contributed by atoms with E-state index in [4.69, 9.17) is 9.73 Å². The van der Waals surface area contributed by atoms with Crippen molar-refractivity contribution in [3.63, 3.8) is 0 Å². The molecule has 238 valence electrons. The van der Waals surface area contributed by atoms with Crippen LogP contribution in [0.15, 0.2) is 52.5 Å². The number of guanidine groups is 1. The number of aromatic nitrogens is 2. The van der Waals surface area contributed by atoms with Crippen molar-refractivity contribution < 1.29 is 13.5 Å². The number of halogens is 2. The standard InChI is InChI=1S/C34H46F2N6O2/c1-21-15-30(22(2)23(3)34(21,4)5)40-33(41-14-12-37-26(18-35)19-41)39-25-8-10-28-31(16-25)38-20-42(32(28)43)13-11-24-7-9-27(44-6)17-29(24)36/h7-10,16-17,20-23,26,30,37H,11-15,18-19H2,1-6H3,(H,39,40)/t21-,22+,23+,26+,30+/m1/s1. The smallest absolute Gasteiger partial charge is 0.261 e. The molecule has 8 nitrogen and oxygen atoms in total. The Morgan fingerprint density at radius 2 is 2.00 bits per heavy atom. The van der Waals surface area contributed by atoms with Gasteiger partial charge in [-0.1, -0.05) is 40.7 Å². The largest absolute Gasteiger partial charge is 0.497 e. The summed E-state index contributed by atoms with van der Waals surface area (Å²) in [5.74, 6) is 2.22. The van der Waals surface area contributed by atoms with Gasteiger partial charge in [0.1, 0.15) is 18.2 Å². The molecule has 1 aliphatic heterocycles.